The number of carbonyl (C=O) groups excluding carboxylic acids is 2. The first-order valence-electron chi connectivity index (χ1n) is 11.7. The zero-order chi connectivity index (χ0) is 26.8. The lowest BCUT2D eigenvalue weighted by atomic mass is 9.91. The normalized spacial score (nSPS) is 14.8. The number of fused-ring (bicyclic) bond motifs is 3. The maximum absolute atomic E-state index is 13.2. The Hall–Kier alpha value is -2.88. The molecule has 0 radical (unpaired) electrons. The first-order valence-corrected chi connectivity index (χ1v) is 12.9. The Morgan fingerprint density at radius 1 is 1.17 bits per heavy atom. The average molecular weight is 516 g/mol. The Labute approximate surface area is 215 Å². The van der Waals surface area contributed by atoms with Crippen molar-refractivity contribution in [2.75, 3.05) is 13.4 Å². The van der Waals surface area contributed by atoms with Crippen LogP contribution in [-0.4, -0.2) is 46.1 Å². The van der Waals surface area contributed by atoms with Crippen LogP contribution in [0.25, 0.3) is 11.1 Å². The molecule has 2 aromatic carbocycles. The van der Waals surface area contributed by atoms with E-state index in [1.54, 1.807) is 39.2 Å². The topological polar surface area (TPSA) is 113 Å². The number of rotatable bonds is 5. The van der Waals surface area contributed by atoms with Crippen LogP contribution >= 0.6 is 11.8 Å². The van der Waals surface area contributed by atoms with Gasteiger partial charge in [0, 0.05) is 18.1 Å². The van der Waals surface area contributed by atoms with Crippen molar-refractivity contribution in [2.24, 2.45) is 0 Å². The van der Waals surface area contributed by atoms with Crippen LogP contribution < -0.4 is 10.2 Å². The maximum atomic E-state index is 13.2. The lowest BCUT2D eigenvalue weighted by molar-refractivity contribution is -0.130. The van der Waals surface area contributed by atoms with Crippen LogP contribution in [0.4, 0.5) is 4.79 Å². The van der Waals surface area contributed by atoms with E-state index in [9.17, 15) is 24.6 Å². The van der Waals surface area contributed by atoms with Crippen molar-refractivity contribution in [3.8, 4) is 16.9 Å². The minimum Gasteiger partial charge on any atom is -0.496 e. The third kappa shape index (κ3) is 5.43. The van der Waals surface area contributed by atoms with Gasteiger partial charge in [0.15, 0.2) is 5.43 Å². The molecule has 36 heavy (non-hydrogen) atoms. The number of thioether (sulfide) groups is 1. The van der Waals surface area contributed by atoms with E-state index in [1.807, 2.05) is 6.07 Å². The summed E-state index contributed by atoms with van der Waals surface area (Å²) >= 11 is 1.30. The fourth-order valence-electron chi connectivity index (χ4n) is 4.65. The van der Waals surface area contributed by atoms with E-state index in [2.05, 4.69) is 0 Å². The zero-order valence-corrected chi connectivity index (χ0v) is 22.3. The molecule has 0 fully saturated rings. The van der Waals surface area contributed by atoms with Crippen LogP contribution in [0.15, 0.2) is 34.0 Å². The van der Waals surface area contributed by atoms with Gasteiger partial charge in [0.2, 0.25) is 5.91 Å². The number of benzene rings is 1. The van der Waals surface area contributed by atoms with Gasteiger partial charge in [-0.1, -0.05) is 12.1 Å². The number of hydrogen-bond acceptors (Lipinski definition) is 8. The maximum Gasteiger partial charge on any atom is 0.417 e. The predicted octanol–water partition coefficient (Wildman–Crippen LogP) is 4.20. The van der Waals surface area contributed by atoms with E-state index >= 15 is 0 Å². The van der Waals surface area contributed by atoms with Gasteiger partial charge < -0.3 is 19.7 Å². The van der Waals surface area contributed by atoms with Crippen LogP contribution in [0.2, 0.25) is 0 Å². The molecule has 9 heteroatoms. The Morgan fingerprint density at radius 2 is 1.86 bits per heavy atom. The zero-order valence-electron chi connectivity index (χ0n) is 21.5. The molecule has 0 spiro atoms. The Morgan fingerprint density at radius 3 is 2.39 bits per heavy atom. The summed E-state index contributed by atoms with van der Waals surface area (Å²) < 4.78 is 11.3. The number of imide groups is 1. The minimum absolute atomic E-state index is 0.238. The summed E-state index contributed by atoms with van der Waals surface area (Å²) in [5.41, 5.74) is 2.47. The van der Waals surface area contributed by atoms with E-state index in [4.69, 9.17) is 9.47 Å². The smallest absolute Gasteiger partial charge is 0.417 e. The molecule has 194 valence electrons. The molecule has 0 bridgehead atoms. The fraction of sp³-hybridized carbons (Fsp3) is 0.444. The Balaban J connectivity index is 2.40. The van der Waals surface area contributed by atoms with E-state index in [0.717, 1.165) is 10.5 Å². The number of aryl methyl sites for hydroxylation is 1. The fourth-order valence-corrected chi connectivity index (χ4v) is 5.11. The van der Waals surface area contributed by atoms with Gasteiger partial charge in [0.1, 0.15) is 11.4 Å². The summed E-state index contributed by atoms with van der Waals surface area (Å²) in [4.78, 5) is 40.7. The predicted molar refractivity (Wildman–Crippen MR) is 138 cm³/mol. The van der Waals surface area contributed by atoms with Gasteiger partial charge in [-0.2, -0.15) is 0 Å². The van der Waals surface area contributed by atoms with Gasteiger partial charge in [0.05, 0.1) is 31.3 Å². The molecule has 0 aromatic heterocycles. The molecule has 0 aliphatic heterocycles. The number of amides is 2. The highest BCUT2D eigenvalue weighted by Crippen LogP contribution is 2.46. The first kappa shape index (κ1) is 27.7. The van der Waals surface area contributed by atoms with E-state index in [0.29, 0.717) is 51.3 Å². The van der Waals surface area contributed by atoms with Crippen LogP contribution in [0, 0.1) is 0 Å². The molecule has 0 saturated carbocycles. The van der Waals surface area contributed by atoms with Crippen molar-refractivity contribution in [2.45, 2.75) is 70.3 Å². The summed E-state index contributed by atoms with van der Waals surface area (Å²) in [6.45, 7) is 5.81. The second-order valence-corrected chi connectivity index (χ2v) is 10.4. The van der Waals surface area contributed by atoms with Gasteiger partial charge in [-0.25, -0.2) is 9.69 Å². The number of nitrogens with zero attached hydrogens (tertiary/aromatic N) is 1. The summed E-state index contributed by atoms with van der Waals surface area (Å²) in [7, 11) is 1.48. The highest BCUT2D eigenvalue weighted by Gasteiger charge is 2.36. The van der Waals surface area contributed by atoms with E-state index in [1.165, 1.54) is 31.9 Å². The molecular formula is C27H33NO7S. The molecule has 0 heterocycles. The standard InChI is InChI=1S/C27H33NO7S/c1-15(31)28(26(33)35-27(2,3)4)21-9-7-16-11-17(13-29)20(14-30)25(34-5)24(16)18-8-10-23(36-6)22(32)12-19(18)21/h8,10-12,21,29-30H,7,9,13-14H2,1-6H3. The molecule has 1 unspecified atom stereocenters. The second-order valence-electron chi connectivity index (χ2n) is 9.60. The third-order valence-corrected chi connectivity index (χ3v) is 6.89. The quantitative estimate of drug-likeness (QED) is 0.570. The lowest BCUT2D eigenvalue weighted by Gasteiger charge is -2.31. The van der Waals surface area contributed by atoms with E-state index in [-0.39, 0.29) is 18.6 Å². The highest BCUT2D eigenvalue weighted by molar-refractivity contribution is 7.98. The number of aliphatic hydroxyl groups excluding tert-OH is 2. The van der Waals surface area contributed by atoms with Crippen molar-refractivity contribution in [1.29, 1.82) is 0 Å². The van der Waals surface area contributed by atoms with Gasteiger partial charge in [-0.05, 0) is 74.3 Å². The van der Waals surface area contributed by atoms with Crippen molar-refractivity contribution < 1.29 is 29.3 Å². The largest absolute Gasteiger partial charge is 0.496 e. The van der Waals surface area contributed by atoms with Gasteiger partial charge >= 0.3 is 6.09 Å². The summed E-state index contributed by atoms with van der Waals surface area (Å²) in [5.74, 6) is -0.119. The molecule has 2 amide bonds. The molecule has 1 atom stereocenters. The molecule has 2 aromatic rings. The molecule has 1 aliphatic carbocycles. The monoisotopic (exact) mass is 515 g/mol. The van der Waals surface area contributed by atoms with Gasteiger partial charge in [0.25, 0.3) is 0 Å². The second kappa shape index (κ2) is 11.0. The van der Waals surface area contributed by atoms with Crippen molar-refractivity contribution >= 4 is 23.8 Å². The third-order valence-electron chi connectivity index (χ3n) is 6.11. The molecule has 2 N–H and O–H groups in total. The van der Waals surface area contributed by atoms with Crippen molar-refractivity contribution in [3.05, 3.63) is 56.7 Å². The number of carbonyl (C=O) groups is 2. The number of ether oxygens (including phenoxy) is 2. The van der Waals surface area contributed by atoms with Crippen LogP contribution in [0.3, 0.4) is 0 Å². The molecule has 3 rings (SSSR count). The Kier molecular flexibility index (Phi) is 8.48. The van der Waals surface area contributed by atoms with Gasteiger partial charge in [-0.3, -0.25) is 9.59 Å². The first-order chi connectivity index (χ1) is 17.0. The highest BCUT2D eigenvalue weighted by atomic mass is 32.2. The lowest BCUT2D eigenvalue weighted by Crippen LogP contribution is -2.42. The number of hydrogen-bond donors (Lipinski definition) is 2. The van der Waals surface area contributed by atoms with Crippen LogP contribution in [-0.2, 0) is 29.2 Å². The van der Waals surface area contributed by atoms with E-state index < -0.39 is 23.6 Å². The summed E-state index contributed by atoms with van der Waals surface area (Å²) in [6, 6.07) is 5.99. The van der Waals surface area contributed by atoms with Crippen molar-refractivity contribution in [1.82, 2.24) is 4.90 Å². The Bertz CT molecular complexity index is 1240. The van der Waals surface area contributed by atoms with Crippen molar-refractivity contribution in [3.63, 3.8) is 0 Å². The summed E-state index contributed by atoms with van der Waals surface area (Å²) in [5, 5.41) is 20.0. The summed E-state index contributed by atoms with van der Waals surface area (Å²) in [6.07, 6.45) is 1.75. The molecule has 8 nitrogen and oxygen atoms in total. The SMILES string of the molecule is COc1c(CO)c(CO)cc2c1-c1ccc(SC)c(=O)cc1C(N(C(C)=O)C(=O)OC(C)(C)C)CC2. The van der Waals surface area contributed by atoms with Crippen LogP contribution in [0.1, 0.15) is 62.4 Å². The van der Waals surface area contributed by atoms with Gasteiger partial charge in [-0.15, -0.1) is 11.8 Å². The number of methoxy groups -OCH3 is 1. The number of aliphatic hydroxyl groups is 2. The average Bonchev–Trinajstić information content (AvgIpc) is 3.05. The molecular weight excluding hydrogens is 482 g/mol. The van der Waals surface area contributed by atoms with Crippen LogP contribution in [0.5, 0.6) is 5.75 Å². The molecule has 0 saturated heterocycles. The minimum atomic E-state index is -0.826. The molecule has 1 aliphatic rings.